The zero-order chi connectivity index (χ0) is 17.3. The fourth-order valence-electron chi connectivity index (χ4n) is 2.40. The predicted octanol–water partition coefficient (Wildman–Crippen LogP) is 2.08. The maximum atomic E-state index is 12.4. The van der Waals surface area contributed by atoms with Gasteiger partial charge < -0.3 is 0 Å². The van der Waals surface area contributed by atoms with Gasteiger partial charge in [-0.05, 0) is 25.0 Å². The van der Waals surface area contributed by atoms with Crippen LogP contribution in [0.15, 0.2) is 47.6 Å². The zero-order valence-electron chi connectivity index (χ0n) is 13.8. The standard InChI is InChI=1S/C16H19N5O2S/c1-12-6-4-5-7-14(12)11-21-9-8-16(18-21)19-24(22,23)15-10-17-20(3)13(15)2/h4-10H,11H2,1-3H3,(H,18,19). The van der Waals surface area contributed by atoms with Gasteiger partial charge in [0.2, 0.25) is 0 Å². The average Bonchev–Trinajstić information content (AvgIpc) is 3.09. The van der Waals surface area contributed by atoms with Crippen molar-refractivity contribution in [2.24, 2.45) is 7.05 Å². The van der Waals surface area contributed by atoms with Crippen LogP contribution in [0.3, 0.4) is 0 Å². The first-order valence-corrected chi connectivity index (χ1v) is 8.94. The molecular weight excluding hydrogens is 326 g/mol. The molecule has 0 aliphatic rings. The summed E-state index contributed by atoms with van der Waals surface area (Å²) in [6, 6.07) is 9.66. The maximum absolute atomic E-state index is 12.4. The molecule has 0 atom stereocenters. The molecule has 24 heavy (non-hydrogen) atoms. The highest BCUT2D eigenvalue weighted by Gasteiger charge is 2.21. The van der Waals surface area contributed by atoms with E-state index < -0.39 is 10.0 Å². The van der Waals surface area contributed by atoms with Gasteiger partial charge in [-0.25, -0.2) is 8.42 Å². The minimum absolute atomic E-state index is 0.151. The Bertz CT molecular complexity index is 972. The van der Waals surface area contributed by atoms with Gasteiger partial charge in [-0.3, -0.25) is 14.1 Å². The topological polar surface area (TPSA) is 81.8 Å². The molecule has 0 saturated heterocycles. The van der Waals surface area contributed by atoms with Crippen molar-refractivity contribution in [1.29, 1.82) is 0 Å². The molecule has 7 nitrogen and oxygen atoms in total. The van der Waals surface area contributed by atoms with E-state index >= 15 is 0 Å². The van der Waals surface area contributed by atoms with Crippen molar-refractivity contribution in [2.75, 3.05) is 4.72 Å². The normalized spacial score (nSPS) is 11.6. The van der Waals surface area contributed by atoms with Crippen molar-refractivity contribution >= 4 is 15.8 Å². The molecule has 8 heteroatoms. The molecule has 0 fully saturated rings. The summed E-state index contributed by atoms with van der Waals surface area (Å²) in [5, 5.41) is 8.26. The number of rotatable bonds is 5. The van der Waals surface area contributed by atoms with Crippen LogP contribution in [0.4, 0.5) is 5.82 Å². The van der Waals surface area contributed by atoms with E-state index in [1.807, 2.05) is 31.2 Å². The molecule has 0 bridgehead atoms. The van der Waals surface area contributed by atoms with E-state index in [1.165, 1.54) is 16.4 Å². The van der Waals surface area contributed by atoms with Crippen molar-refractivity contribution in [3.8, 4) is 0 Å². The second kappa shape index (κ2) is 6.12. The van der Waals surface area contributed by atoms with Gasteiger partial charge in [-0.1, -0.05) is 24.3 Å². The third-order valence-electron chi connectivity index (χ3n) is 3.95. The summed E-state index contributed by atoms with van der Waals surface area (Å²) in [4.78, 5) is 0.151. The van der Waals surface area contributed by atoms with Crippen LogP contribution >= 0.6 is 0 Å². The van der Waals surface area contributed by atoms with E-state index in [9.17, 15) is 8.42 Å². The first kappa shape index (κ1) is 16.3. The second-order valence-corrected chi connectivity index (χ2v) is 7.30. The zero-order valence-corrected chi connectivity index (χ0v) is 14.6. The Labute approximate surface area is 141 Å². The summed E-state index contributed by atoms with van der Waals surface area (Å²) in [5.41, 5.74) is 2.88. The highest BCUT2D eigenvalue weighted by molar-refractivity contribution is 7.92. The van der Waals surface area contributed by atoms with Gasteiger partial charge in [0.1, 0.15) is 4.90 Å². The lowest BCUT2D eigenvalue weighted by Gasteiger charge is -2.06. The maximum Gasteiger partial charge on any atom is 0.266 e. The van der Waals surface area contributed by atoms with Gasteiger partial charge in [0.15, 0.2) is 5.82 Å². The number of hydrogen-bond acceptors (Lipinski definition) is 4. The van der Waals surface area contributed by atoms with Crippen molar-refractivity contribution < 1.29 is 8.42 Å². The van der Waals surface area contributed by atoms with Crippen molar-refractivity contribution in [3.63, 3.8) is 0 Å². The monoisotopic (exact) mass is 345 g/mol. The lowest BCUT2D eigenvalue weighted by Crippen LogP contribution is -2.14. The quantitative estimate of drug-likeness (QED) is 0.767. The fraction of sp³-hybridized carbons (Fsp3) is 0.250. The van der Waals surface area contributed by atoms with E-state index in [4.69, 9.17) is 0 Å². The van der Waals surface area contributed by atoms with Crippen LogP contribution in [0.5, 0.6) is 0 Å². The third-order valence-corrected chi connectivity index (χ3v) is 5.41. The Kier molecular flexibility index (Phi) is 4.15. The van der Waals surface area contributed by atoms with Crippen LogP contribution in [0.1, 0.15) is 16.8 Å². The Morgan fingerprint density at radius 2 is 1.92 bits per heavy atom. The molecule has 1 N–H and O–H groups in total. The Hall–Kier alpha value is -2.61. The van der Waals surface area contributed by atoms with Crippen LogP contribution < -0.4 is 4.72 Å². The number of anilines is 1. The summed E-state index contributed by atoms with van der Waals surface area (Å²) in [7, 11) is -2.00. The molecule has 0 radical (unpaired) electrons. The van der Waals surface area contributed by atoms with Gasteiger partial charge in [0.05, 0.1) is 18.4 Å². The molecule has 0 aliphatic carbocycles. The number of hydrogen-bond donors (Lipinski definition) is 1. The molecule has 0 amide bonds. The van der Waals surface area contributed by atoms with Gasteiger partial charge in [-0.15, -0.1) is 0 Å². The van der Waals surface area contributed by atoms with Crippen LogP contribution in [-0.4, -0.2) is 28.0 Å². The molecule has 3 rings (SSSR count). The molecular formula is C16H19N5O2S. The van der Waals surface area contributed by atoms with Crippen LogP contribution in [0.25, 0.3) is 0 Å². The van der Waals surface area contributed by atoms with Gasteiger partial charge >= 0.3 is 0 Å². The number of nitrogens with zero attached hydrogens (tertiary/aromatic N) is 4. The molecule has 2 heterocycles. The molecule has 0 unspecified atom stereocenters. The number of benzene rings is 1. The molecule has 126 valence electrons. The predicted molar refractivity (Wildman–Crippen MR) is 91.3 cm³/mol. The van der Waals surface area contributed by atoms with Crippen molar-refractivity contribution in [3.05, 3.63) is 59.5 Å². The van der Waals surface area contributed by atoms with Gasteiger partial charge in [0.25, 0.3) is 10.0 Å². The van der Waals surface area contributed by atoms with E-state index in [2.05, 4.69) is 14.9 Å². The van der Waals surface area contributed by atoms with Crippen LogP contribution in [-0.2, 0) is 23.6 Å². The van der Waals surface area contributed by atoms with E-state index in [0.29, 0.717) is 12.2 Å². The van der Waals surface area contributed by atoms with Crippen molar-refractivity contribution in [1.82, 2.24) is 19.6 Å². The molecule has 0 saturated carbocycles. The molecule has 1 aromatic carbocycles. The second-order valence-electron chi connectivity index (χ2n) is 5.65. The molecule has 0 aliphatic heterocycles. The minimum atomic E-state index is -3.70. The molecule has 0 spiro atoms. The number of nitrogens with one attached hydrogen (secondary N) is 1. The van der Waals surface area contributed by atoms with Crippen LogP contribution in [0.2, 0.25) is 0 Å². The lowest BCUT2D eigenvalue weighted by atomic mass is 10.1. The Morgan fingerprint density at radius 1 is 1.17 bits per heavy atom. The first-order chi connectivity index (χ1) is 11.4. The summed E-state index contributed by atoms with van der Waals surface area (Å²) in [5.74, 6) is 0.284. The van der Waals surface area contributed by atoms with E-state index in [1.54, 1.807) is 30.9 Å². The largest absolute Gasteiger partial charge is 0.272 e. The Balaban J connectivity index is 1.79. The number of sulfonamides is 1. The molecule has 3 aromatic rings. The summed E-state index contributed by atoms with van der Waals surface area (Å²) in [6.07, 6.45) is 3.09. The summed E-state index contributed by atoms with van der Waals surface area (Å²) >= 11 is 0. The Morgan fingerprint density at radius 3 is 2.58 bits per heavy atom. The number of aryl methyl sites for hydroxylation is 2. The highest BCUT2D eigenvalue weighted by atomic mass is 32.2. The smallest absolute Gasteiger partial charge is 0.266 e. The van der Waals surface area contributed by atoms with Gasteiger partial charge in [0, 0.05) is 19.3 Å². The van der Waals surface area contributed by atoms with Gasteiger partial charge in [-0.2, -0.15) is 10.2 Å². The third kappa shape index (κ3) is 3.18. The lowest BCUT2D eigenvalue weighted by molar-refractivity contribution is 0.599. The minimum Gasteiger partial charge on any atom is -0.272 e. The summed E-state index contributed by atoms with van der Waals surface area (Å²) < 4.78 is 30.6. The molecule has 2 aromatic heterocycles. The highest BCUT2D eigenvalue weighted by Crippen LogP contribution is 2.18. The van der Waals surface area contributed by atoms with E-state index in [-0.39, 0.29) is 10.7 Å². The first-order valence-electron chi connectivity index (χ1n) is 7.46. The van der Waals surface area contributed by atoms with Crippen LogP contribution in [0, 0.1) is 13.8 Å². The number of aromatic nitrogens is 4. The van der Waals surface area contributed by atoms with E-state index in [0.717, 1.165) is 5.56 Å². The fourth-order valence-corrected chi connectivity index (χ4v) is 3.60. The average molecular weight is 345 g/mol. The van der Waals surface area contributed by atoms with Crippen molar-refractivity contribution in [2.45, 2.75) is 25.3 Å². The SMILES string of the molecule is Cc1ccccc1Cn1ccc(NS(=O)(=O)c2cnn(C)c2C)n1. The summed E-state index contributed by atoms with van der Waals surface area (Å²) in [6.45, 7) is 4.33.